The molecule has 0 bridgehead atoms. The second-order valence-electron chi connectivity index (χ2n) is 3.59. The third-order valence-electron chi connectivity index (χ3n) is 2.44. The van der Waals surface area contributed by atoms with E-state index in [-0.39, 0.29) is 0 Å². The molecule has 1 aliphatic rings. The third-order valence-corrected chi connectivity index (χ3v) is 2.44. The molecule has 1 aromatic heterocycles. The Kier molecular flexibility index (Phi) is 3.41. The van der Waals surface area contributed by atoms with E-state index >= 15 is 0 Å². The van der Waals surface area contributed by atoms with Gasteiger partial charge in [0.1, 0.15) is 37.4 Å². The monoisotopic (exact) mass is 263 g/mol. The lowest BCUT2D eigenvalue weighted by Crippen LogP contribution is -2.38. The van der Waals surface area contributed by atoms with Gasteiger partial charge in [0.05, 0.1) is 0 Å². The number of hydrogen-bond donors (Lipinski definition) is 2. The van der Waals surface area contributed by atoms with Crippen molar-refractivity contribution >= 4 is 5.95 Å². The summed E-state index contributed by atoms with van der Waals surface area (Å²) in [6, 6.07) is 0. The van der Waals surface area contributed by atoms with E-state index in [1.165, 1.54) is 0 Å². The number of rotatable bonds is 4. The van der Waals surface area contributed by atoms with Crippen molar-refractivity contribution in [2.24, 2.45) is 0 Å². The second-order valence-corrected chi connectivity index (χ2v) is 3.59. The molecule has 0 saturated carbocycles. The zero-order chi connectivity index (χ0) is 13.3. The van der Waals surface area contributed by atoms with Gasteiger partial charge in [-0.1, -0.05) is 4.98 Å². The molecule has 1 saturated heterocycles. The molecule has 1 aliphatic heterocycles. The van der Waals surface area contributed by atoms with Crippen LogP contribution in [0.2, 0.25) is 0 Å². The Morgan fingerprint density at radius 2 is 2.33 bits per heavy atom. The SMILES string of the molecule is O=[N+]([O-])c1nccn1O[C@H]1O[C@H](CF)[C@@H](O)[C@@H]1O. The Balaban J connectivity index is 2.10. The number of nitro groups is 1. The molecular formula is C8H10FN3O6. The van der Waals surface area contributed by atoms with Gasteiger partial charge >= 0.3 is 5.95 Å². The minimum absolute atomic E-state index is 0.621. The molecule has 0 amide bonds. The van der Waals surface area contributed by atoms with Crippen LogP contribution in [0, 0.1) is 10.1 Å². The lowest BCUT2D eigenvalue weighted by molar-refractivity contribution is -0.404. The molecule has 1 fully saturated rings. The van der Waals surface area contributed by atoms with Crippen molar-refractivity contribution in [3.05, 3.63) is 22.5 Å². The first-order valence-corrected chi connectivity index (χ1v) is 4.97. The maximum absolute atomic E-state index is 12.4. The summed E-state index contributed by atoms with van der Waals surface area (Å²) >= 11 is 0. The van der Waals surface area contributed by atoms with Gasteiger partial charge in [0.2, 0.25) is 0 Å². The normalized spacial score (nSPS) is 31.5. The molecule has 0 aliphatic carbocycles. The van der Waals surface area contributed by atoms with E-state index in [0.717, 1.165) is 12.4 Å². The first kappa shape index (κ1) is 12.7. The van der Waals surface area contributed by atoms with Gasteiger partial charge in [0, 0.05) is 0 Å². The number of imidazole rings is 1. The van der Waals surface area contributed by atoms with E-state index in [9.17, 15) is 24.7 Å². The molecule has 2 heterocycles. The van der Waals surface area contributed by atoms with Gasteiger partial charge in [-0.25, -0.2) is 4.39 Å². The van der Waals surface area contributed by atoms with Gasteiger partial charge in [-0.15, -0.1) is 0 Å². The van der Waals surface area contributed by atoms with E-state index in [2.05, 4.69) is 4.98 Å². The van der Waals surface area contributed by atoms with Gasteiger partial charge in [0.25, 0.3) is 6.29 Å². The van der Waals surface area contributed by atoms with Gasteiger partial charge in [-0.2, -0.15) is 0 Å². The summed E-state index contributed by atoms with van der Waals surface area (Å²) in [5.74, 6) is -0.621. The van der Waals surface area contributed by atoms with Crippen LogP contribution in [0.4, 0.5) is 10.3 Å². The highest BCUT2D eigenvalue weighted by atomic mass is 19.1. The molecule has 2 rings (SSSR count). The number of hydrogen-bond acceptors (Lipinski definition) is 7. The number of aromatic nitrogens is 2. The number of halogens is 1. The zero-order valence-electron chi connectivity index (χ0n) is 8.92. The number of nitrogens with zero attached hydrogens (tertiary/aromatic N) is 3. The zero-order valence-corrected chi connectivity index (χ0v) is 8.92. The maximum Gasteiger partial charge on any atom is 0.471 e. The summed E-state index contributed by atoms with van der Waals surface area (Å²) in [7, 11) is 0. The van der Waals surface area contributed by atoms with E-state index in [1.54, 1.807) is 0 Å². The topological polar surface area (TPSA) is 120 Å². The van der Waals surface area contributed by atoms with E-state index < -0.39 is 42.1 Å². The Morgan fingerprint density at radius 1 is 1.61 bits per heavy atom. The molecule has 2 N–H and O–H groups in total. The van der Waals surface area contributed by atoms with Gasteiger partial charge < -0.3 is 29.9 Å². The molecule has 10 heteroatoms. The Hall–Kier alpha value is -1.78. The van der Waals surface area contributed by atoms with Gasteiger partial charge in [-0.05, 0) is 9.65 Å². The summed E-state index contributed by atoms with van der Waals surface area (Å²) < 4.78 is 17.9. The molecule has 4 atom stereocenters. The summed E-state index contributed by atoms with van der Waals surface area (Å²) in [6.07, 6.45) is -3.36. The van der Waals surface area contributed by atoms with Crippen LogP contribution in [0.15, 0.2) is 12.4 Å². The van der Waals surface area contributed by atoms with E-state index in [1.807, 2.05) is 0 Å². The predicted octanol–water partition coefficient (Wildman–Crippen LogP) is -1.36. The average molecular weight is 263 g/mol. The first-order valence-electron chi connectivity index (χ1n) is 4.97. The summed E-state index contributed by atoms with van der Waals surface area (Å²) in [5.41, 5.74) is 0. The Labute approximate surface area is 99.5 Å². The fourth-order valence-electron chi connectivity index (χ4n) is 1.53. The third kappa shape index (κ3) is 2.12. The molecule has 18 heavy (non-hydrogen) atoms. The second kappa shape index (κ2) is 4.84. The molecule has 0 radical (unpaired) electrons. The number of alkyl halides is 1. The number of aliphatic hydroxyl groups excluding tert-OH is 2. The van der Waals surface area contributed by atoms with Crippen molar-refractivity contribution in [1.82, 2.24) is 9.71 Å². The number of aliphatic hydroxyl groups is 2. The highest BCUT2D eigenvalue weighted by molar-refractivity contribution is 5.04. The van der Waals surface area contributed by atoms with Crippen LogP contribution in [0.3, 0.4) is 0 Å². The molecule has 9 nitrogen and oxygen atoms in total. The quantitative estimate of drug-likeness (QED) is 0.508. The molecule has 100 valence electrons. The largest absolute Gasteiger partial charge is 0.471 e. The van der Waals surface area contributed by atoms with E-state index in [4.69, 9.17) is 9.57 Å². The summed E-state index contributed by atoms with van der Waals surface area (Å²) in [5, 5.41) is 29.5. The summed E-state index contributed by atoms with van der Waals surface area (Å²) in [6.45, 7) is -1.01. The van der Waals surface area contributed by atoms with Crippen molar-refractivity contribution in [3.8, 4) is 0 Å². The lowest BCUT2D eigenvalue weighted by Gasteiger charge is -2.13. The number of ether oxygens (including phenoxy) is 1. The Bertz CT molecular complexity index is 440. The standard InChI is InChI=1S/C8H10FN3O6/c9-3-4-5(13)6(14)7(17-4)18-11-2-1-10-8(11)12(15)16/h1-2,4-7,13-14H,3H2/t4-,5-,6+,7-/m1/s1. The molecule has 0 spiro atoms. The van der Waals surface area contributed by atoms with Crippen molar-refractivity contribution in [3.63, 3.8) is 0 Å². The fraction of sp³-hybridized carbons (Fsp3) is 0.625. The van der Waals surface area contributed by atoms with Crippen LogP contribution < -0.4 is 4.84 Å². The first-order chi connectivity index (χ1) is 8.54. The average Bonchev–Trinajstić information content (AvgIpc) is 2.89. The fourth-order valence-corrected chi connectivity index (χ4v) is 1.53. The van der Waals surface area contributed by atoms with Crippen LogP contribution in [0.5, 0.6) is 0 Å². The van der Waals surface area contributed by atoms with Crippen molar-refractivity contribution in [1.29, 1.82) is 0 Å². The minimum atomic E-state index is -1.51. The van der Waals surface area contributed by atoms with Gasteiger partial charge in [-0.3, -0.25) is 0 Å². The van der Waals surface area contributed by atoms with Crippen LogP contribution in [0.1, 0.15) is 0 Å². The molecule has 0 unspecified atom stereocenters. The van der Waals surface area contributed by atoms with Crippen LogP contribution in [-0.4, -0.2) is 56.1 Å². The smallest absolute Gasteiger partial charge is 0.390 e. The Morgan fingerprint density at radius 3 is 2.89 bits per heavy atom. The molecule has 1 aromatic rings. The van der Waals surface area contributed by atoms with Gasteiger partial charge in [0.15, 0.2) is 0 Å². The minimum Gasteiger partial charge on any atom is -0.390 e. The van der Waals surface area contributed by atoms with Crippen molar-refractivity contribution < 1.29 is 29.1 Å². The highest BCUT2D eigenvalue weighted by Crippen LogP contribution is 2.22. The molecular weight excluding hydrogens is 253 g/mol. The van der Waals surface area contributed by atoms with Crippen molar-refractivity contribution in [2.45, 2.75) is 24.6 Å². The van der Waals surface area contributed by atoms with Crippen LogP contribution in [-0.2, 0) is 4.74 Å². The van der Waals surface area contributed by atoms with E-state index in [0.29, 0.717) is 4.73 Å². The summed E-state index contributed by atoms with van der Waals surface area (Å²) in [4.78, 5) is 18.1. The van der Waals surface area contributed by atoms with Crippen LogP contribution in [0.25, 0.3) is 0 Å². The maximum atomic E-state index is 12.4. The van der Waals surface area contributed by atoms with Crippen molar-refractivity contribution in [2.75, 3.05) is 6.67 Å². The molecule has 0 aromatic carbocycles. The van der Waals surface area contributed by atoms with Crippen LogP contribution >= 0.6 is 0 Å². The predicted molar refractivity (Wildman–Crippen MR) is 52.1 cm³/mol. The lowest BCUT2D eigenvalue weighted by atomic mass is 10.1. The highest BCUT2D eigenvalue weighted by Gasteiger charge is 2.46.